The molecule has 0 spiro atoms. The Morgan fingerprint density at radius 1 is 0.486 bits per heavy atom. The van der Waals surface area contributed by atoms with Crippen molar-refractivity contribution in [2.45, 2.75) is 142 Å². The molecule has 3 aromatic heterocycles. The molecule has 5 N–H and O–H groups in total. The monoisotopic (exact) mass is 1660 g/mol. The highest BCUT2D eigenvalue weighted by molar-refractivity contribution is 8.00. The highest BCUT2D eigenvalue weighted by Crippen LogP contribution is 2.39. The lowest BCUT2D eigenvalue weighted by Crippen LogP contribution is -2.36. The van der Waals surface area contributed by atoms with Crippen LogP contribution in [-0.4, -0.2) is 191 Å². The van der Waals surface area contributed by atoms with Crippen molar-refractivity contribution >= 4 is 128 Å². The summed E-state index contributed by atoms with van der Waals surface area (Å²) in [5.41, 5.74) is 12.0. The van der Waals surface area contributed by atoms with Crippen LogP contribution < -0.4 is 29.1 Å². The fraction of sp³-hybridized carbons (Fsp3) is 0.403. The smallest absolute Gasteiger partial charge is 0.490 e. The summed E-state index contributed by atoms with van der Waals surface area (Å²) in [6.07, 6.45) is 2.25. The maximum absolute atomic E-state index is 12.6. The van der Waals surface area contributed by atoms with E-state index in [0.29, 0.717) is 40.2 Å². The van der Waals surface area contributed by atoms with Crippen molar-refractivity contribution in [3.05, 3.63) is 192 Å². The molecule has 0 atom stereocenters. The van der Waals surface area contributed by atoms with E-state index in [1.165, 1.54) is 56.8 Å². The maximum Gasteiger partial charge on any atom is 0.490 e. The van der Waals surface area contributed by atoms with Gasteiger partial charge in [-0.15, -0.1) is 43.9 Å². The van der Waals surface area contributed by atoms with Gasteiger partial charge in [0.15, 0.2) is 5.03 Å². The number of nitrogens with one attached hydrogen (secondary N) is 1. The third-order valence-corrected chi connectivity index (χ3v) is 23.8. The SMILES string of the molecule is CCOC(=O)c1nnn(Cc2ccc(OC)cc2)c1SC1CCN(c2cc(Cl)ccc2C)CC1.COc1ccc(Cn2nnc(C(=O)O)c2SC2CCN(c3cc(Cl)ccc3C)CC2)cc1.Cc1ccc(Cl)cc1N1CCC(O)CC1.Cc1ccc(Cl)cc1N1CCC(Sc2n[nH]nc2C(=O)O)CC1.O=C(O)C(F)(F)F. The quantitative estimate of drug-likeness (QED) is 0.0443. The summed E-state index contributed by atoms with van der Waals surface area (Å²) >= 11 is 29.2. The second kappa shape index (κ2) is 41.2. The van der Waals surface area contributed by atoms with Crippen molar-refractivity contribution in [2.24, 2.45) is 0 Å². The topological polar surface area (TPSA) is 293 Å². The van der Waals surface area contributed by atoms with Gasteiger partial charge in [-0.2, -0.15) is 18.4 Å². The summed E-state index contributed by atoms with van der Waals surface area (Å²) in [7, 11) is 3.27. The van der Waals surface area contributed by atoms with E-state index in [2.05, 4.69) is 89.4 Å². The molecule has 7 heterocycles. The van der Waals surface area contributed by atoms with Gasteiger partial charge in [-0.25, -0.2) is 28.5 Å². The Morgan fingerprint density at radius 2 is 0.811 bits per heavy atom. The summed E-state index contributed by atoms with van der Waals surface area (Å²) in [5.74, 6) is -3.72. The summed E-state index contributed by atoms with van der Waals surface area (Å²) in [4.78, 5) is 53.7. The number of piperidine rings is 4. The molecule has 0 bridgehead atoms. The number of aromatic nitrogens is 9. The van der Waals surface area contributed by atoms with E-state index < -0.39 is 30.1 Å². The Morgan fingerprint density at radius 3 is 1.14 bits per heavy atom. The number of H-pyrrole nitrogens is 1. The number of rotatable bonds is 20. The average molecular weight is 1670 g/mol. The minimum Gasteiger partial charge on any atom is -0.497 e. The Bertz CT molecular complexity index is 4570. The van der Waals surface area contributed by atoms with Crippen molar-refractivity contribution in [3.8, 4) is 11.5 Å². The van der Waals surface area contributed by atoms with E-state index in [9.17, 15) is 37.8 Å². The van der Waals surface area contributed by atoms with Gasteiger partial charge >= 0.3 is 30.1 Å². The number of aryl methyl sites for hydroxylation is 4. The van der Waals surface area contributed by atoms with Crippen LogP contribution in [0.25, 0.3) is 0 Å². The molecular weight excluding hydrogens is 1580 g/mol. The summed E-state index contributed by atoms with van der Waals surface area (Å²) < 4.78 is 50.9. The number of hydrogen-bond acceptors (Lipinski definition) is 21. The maximum atomic E-state index is 12.6. The number of anilines is 4. The number of carbonyl (C=O) groups excluding carboxylic acids is 1. The standard InChI is InChI=1S/C25H29ClN4O3S.C23H25ClN4O3S.C15H17ClN4O2S.C12H16ClNO.C2HF3O2/c1-4-33-25(31)23-24(30(28-27-23)16-18-6-9-20(32-3)10-7-18)34-21-11-13-29(14-12-21)22-15-19(26)8-5-17(22)2;1-15-3-6-17(24)13-20(15)27-11-9-19(10-12-27)32-22-21(23(29)30)25-26-28(22)14-16-4-7-18(31-2)8-5-16;1-9-2-3-10(16)8-12(9)20-6-4-11(5-7-20)23-14-13(15(21)22)17-19-18-14;1-9-2-3-10(13)8-12(9)14-6-4-11(15)5-7-14;3-2(4,5)1(6)7/h5-10,15,21H,4,11-14,16H2,1-3H3;3-8,13,19H,9-12,14H2,1-2H3,(H,29,30);2-3,8,11H,4-7H2,1H3,(H,21,22)(H,17,18,19);2-3,8,11,15H,4-7H2,1H3;(H,6,7). The summed E-state index contributed by atoms with van der Waals surface area (Å²) in [5, 5.41) is 67.7. The third kappa shape index (κ3) is 24.9. The van der Waals surface area contributed by atoms with Crippen molar-refractivity contribution in [1.82, 2.24) is 45.4 Å². The molecule has 9 aromatic rings. The van der Waals surface area contributed by atoms with Crippen LogP contribution in [0.1, 0.15) is 123 Å². The fourth-order valence-corrected chi connectivity index (χ4v) is 16.9. The van der Waals surface area contributed by atoms with Gasteiger partial charge < -0.3 is 54.2 Å². The molecule has 0 aliphatic carbocycles. The highest BCUT2D eigenvalue weighted by Gasteiger charge is 2.38. The van der Waals surface area contributed by atoms with Gasteiger partial charge in [0, 0.05) is 111 Å². The number of aliphatic hydroxyl groups is 1. The number of aliphatic hydroxyl groups excluding tert-OH is 1. The third-order valence-electron chi connectivity index (χ3n) is 18.7. The second-order valence-corrected chi connectivity index (χ2v) is 32.1. The summed E-state index contributed by atoms with van der Waals surface area (Å²) in [6.45, 7) is 18.7. The van der Waals surface area contributed by atoms with Crippen molar-refractivity contribution in [3.63, 3.8) is 0 Å². The number of aromatic carboxylic acids is 2. The number of carbonyl (C=O) groups is 4. The number of carboxylic acid groups (broad SMARTS) is 3. The molecule has 0 unspecified atom stereocenters. The van der Waals surface area contributed by atoms with E-state index in [4.69, 9.17) is 75.6 Å². The Balaban J connectivity index is 0.000000170. The normalized spacial score (nSPS) is 15.0. The number of ether oxygens (including phenoxy) is 3. The van der Waals surface area contributed by atoms with Crippen LogP contribution in [0.3, 0.4) is 0 Å². The molecule has 4 aliphatic rings. The second-order valence-electron chi connectivity index (χ2n) is 26.5. The largest absolute Gasteiger partial charge is 0.497 e. The van der Waals surface area contributed by atoms with Gasteiger partial charge in [-0.1, -0.05) is 117 Å². The minimum atomic E-state index is -5.08. The van der Waals surface area contributed by atoms with Gasteiger partial charge in [0.1, 0.15) is 21.6 Å². The molecular formula is C77H88Cl4F3N13O11S3. The number of esters is 1. The van der Waals surface area contributed by atoms with E-state index in [-0.39, 0.29) is 28.4 Å². The Labute approximate surface area is 674 Å². The van der Waals surface area contributed by atoms with Crippen molar-refractivity contribution < 1.29 is 67.0 Å². The van der Waals surface area contributed by atoms with Crippen molar-refractivity contribution in [2.75, 3.05) is 92.8 Å². The molecule has 0 radical (unpaired) electrons. The lowest BCUT2D eigenvalue weighted by molar-refractivity contribution is -0.192. The van der Waals surface area contributed by atoms with Crippen LogP contribution >= 0.6 is 81.7 Å². The number of benzene rings is 6. The molecule has 0 amide bonds. The lowest BCUT2D eigenvalue weighted by Gasteiger charge is -2.34. The van der Waals surface area contributed by atoms with Gasteiger partial charge in [0.05, 0.1) is 40.0 Å². The number of halogens is 7. The minimum absolute atomic E-state index is 0.00288. The number of carboxylic acids is 3. The number of methoxy groups -OCH3 is 2. The zero-order chi connectivity index (χ0) is 80.1. The van der Waals surface area contributed by atoms with Gasteiger partial charge in [0.25, 0.3) is 0 Å². The predicted octanol–water partition coefficient (Wildman–Crippen LogP) is 16.5. The van der Waals surface area contributed by atoms with E-state index in [0.717, 1.165) is 151 Å². The number of hydrogen-bond donors (Lipinski definition) is 5. The van der Waals surface area contributed by atoms with E-state index in [1.54, 1.807) is 54.0 Å². The molecule has 4 saturated heterocycles. The predicted molar refractivity (Wildman–Crippen MR) is 430 cm³/mol. The number of aromatic amines is 1. The number of nitrogens with zero attached hydrogens (tertiary/aromatic N) is 12. The zero-order valence-electron chi connectivity index (χ0n) is 62.2. The first-order chi connectivity index (χ1) is 53.1. The Kier molecular flexibility index (Phi) is 32.1. The van der Waals surface area contributed by atoms with Crippen molar-refractivity contribution in [1.29, 1.82) is 0 Å². The first kappa shape index (κ1) is 86.4. The molecule has 111 heavy (non-hydrogen) atoms. The number of aliphatic carboxylic acids is 1. The molecule has 6 aromatic carbocycles. The Hall–Kier alpha value is -8.62. The van der Waals surface area contributed by atoms with Crippen LogP contribution in [0.4, 0.5) is 35.9 Å². The summed E-state index contributed by atoms with van der Waals surface area (Å²) in [6, 6.07) is 39.4. The van der Waals surface area contributed by atoms with Gasteiger partial charge in [-0.3, -0.25) is 0 Å². The molecule has 4 aliphatic heterocycles. The van der Waals surface area contributed by atoms with Crippen LogP contribution in [0, 0.1) is 27.7 Å². The van der Waals surface area contributed by atoms with Gasteiger partial charge in [0.2, 0.25) is 17.1 Å². The molecule has 4 fully saturated rings. The molecule has 594 valence electrons. The van der Waals surface area contributed by atoms with Gasteiger partial charge in [-0.05, 0) is 192 Å². The van der Waals surface area contributed by atoms with Crippen LogP contribution in [-0.2, 0) is 22.6 Å². The fourth-order valence-electron chi connectivity index (χ4n) is 12.7. The molecule has 0 saturated carbocycles. The number of thioether (sulfide) groups is 3. The van der Waals surface area contributed by atoms with E-state index >= 15 is 0 Å². The number of alkyl halides is 3. The first-order valence-corrected chi connectivity index (χ1v) is 39.9. The highest BCUT2D eigenvalue weighted by atomic mass is 35.5. The van der Waals surface area contributed by atoms with E-state index in [1.807, 2.05) is 115 Å². The van der Waals surface area contributed by atoms with Crippen LogP contribution in [0.5, 0.6) is 11.5 Å². The molecule has 34 heteroatoms. The lowest BCUT2D eigenvalue weighted by atomic mass is 10.1. The first-order valence-electron chi connectivity index (χ1n) is 35.8. The average Bonchev–Trinajstić information content (AvgIpc) is 1.73. The van der Waals surface area contributed by atoms with Crippen LogP contribution in [0.2, 0.25) is 20.1 Å². The molecule has 24 nitrogen and oxygen atoms in total. The molecule has 13 rings (SSSR count). The zero-order valence-corrected chi connectivity index (χ0v) is 67.6. The van der Waals surface area contributed by atoms with Crippen LogP contribution in [0.15, 0.2) is 136 Å².